The van der Waals surface area contributed by atoms with Gasteiger partial charge in [0.2, 0.25) is 24.5 Å². The molecule has 0 aromatic heterocycles. The van der Waals surface area contributed by atoms with Crippen molar-refractivity contribution in [2.75, 3.05) is 12.1 Å². The molecule has 0 spiro atoms. The average molecular weight is 381 g/mol. The van der Waals surface area contributed by atoms with Crippen LogP contribution in [0.2, 0.25) is 0 Å². The molecule has 2 aliphatic rings. The summed E-state index contributed by atoms with van der Waals surface area (Å²) in [4.78, 5) is 38.0. The summed E-state index contributed by atoms with van der Waals surface area (Å²) in [6.07, 6.45) is 0.745. The normalized spacial score (nSPS) is 17.6. The minimum Gasteiger partial charge on any atom is -0.454 e. The van der Waals surface area contributed by atoms with E-state index in [1.54, 1.807) is 29.2 Å². The lowest BCUT2D eigenvalue weighted by Gasteiger charge is -2.24. The lowest BCUT2D eigenvalue weighted by molar-refractivity contribution is -0.133. The Morgan fingerprint density at radius 2 is 1.96 bits per heavy atom. The summed E-state index contributed by atoms with van der Waals surface area (Å²) in [5, 5.41) is 2.77. The molecule has 8 nitrogen and oxygen atoms in total. The molecule has 1 fully saturated rings. The van der Waals surface area contributed by atoms with Crippen LogP contribution in [-0.4, -0.2) is 35.5 Å². The first-order chi connectivity index (χ1) is 13.5. The van der Waals surface area contributed by atoms with Gasteiger partial charge < -0.3 is 25.4 Å². The van der Waals surface area contributed by atoms with E-state index in [0.717, 1.165) is 5.56 Å². The van der Waals surface area contributed by atoms with E-state index in [-0.39, 0.29) is 18.6 Å². The van der Waals surface area contributed by atoms with Gasteiger partial charge in [-0.1, -0.05) is 12.1 Å². The van der Waals surface area contributed by atoms with Gasteiger partial charge in [-0.05, 0) is 42.3 Å². The third-order valence-electron chi connectivity index (χ3n) is 4.84. The third-order valence-corrected chi connectivity index (χ3v) is 4.84. The Labute approximate surface area is 161 Å². The number of carbonyl (C=O) groups is 3. The van der Waals surface area contributed by atoms with Crippen LogP contribution in [0, 0.1) is 0 Å². The molecule has 1 saturated heterocycles. The molecule has 8 heteroatoms. The van der Waals surface area contributed by atoms with Gasteiger partial charge in [0.15, 0.2) is 11.5 Å². The van der Waals surface area contributed by atoms with Crippen LogP contribution in [0.15, 0.2) is 42.5 Å². The number of ether oxygens (including phenoxy) is 2. The molecule has 0 radical (unpaired) electrons. The van der Waals surface area contributed by atoms with Gasteiger partial charge in [-0.3, -0.25) is 14.4 Å². The maximum atomic E-state index is 12.8. The molecule has 1 atom stereocenters. The number of rotatable bonds is 5. The van der Waals surface area contributed by atoms with E-state index < -0.39 is 11.9 Å². The van der Waals surface area contributed by atoms with Gasteiger partial charge in [0, 0.05) is 24.2 Å². The van der Waals surface area contributed by atoms with Gasteiger partial charge in [0.1, 0.15) is 6.04 Å². The summed E-state index contributed by atoms with van der Waals surface area (Å²) in [6.45, 7) is 0.478. The number of carbonyl (C=O) groups excluding carboxylic acids is 3. The highest BCUT2D eigenvalue weighted by atomic mass is 16.7. The first-order valence-corrected chi connectivity index (χ1v) is 8.90. The van der Waals surface area contributed by atoms with E-state index in [4.69, 9.17) is 15.2 Å². The highest BCUT2D eigenvalue weighted by Crippen LogP contribution is 2.33. The fourth-order valence-corrected chi connectivity index (χ4v) is 3.42. The number of hydrogen-bond acceptors (Lipinski definition) is 5. The number of benzene rings is 2. The summed E-state index contributed by atoms with van der Waals surface area (Å²) in [6, 6.07) is 11.3. The van der Waals surface area contributed by atoms with Gasteiger partial charge in [-0.25, -0.2) is 0 Å². The van der Waals surface area contributed by atoms with E-state index >= 15 is 0 Å². The van der Waals surface area contributed by atoms with Crippen LogP contribution in [0.25, 0.3) is 0 Å². The number of nitrogens with one attached hydrogen (secondary N) is 1. The van der Waals surface area contributed by atoms with Crippen molar-refractivity contribution in [3.05, 3.63) is 53.6 Å². The van der Waals surface area contributed by atoms with Crippen LogP contribution in [0.4, 0.5) is 5.69 Å². The second-order valence-corrected chi connectivity index (χ2v) is 6.70. The SMILES string of the molecule is NC(=O)c1cccc(NC(=O)C2CCC(=O)N2Cc2ccc3c(c2)OCO3)c1. The number of amides is 3. The van der Waals surface area contributed by atoms with Crippen molar-refractivity contribution in [2.45, 2.75) is 25.4 Å². The number of hydrogen-bond donors (Lipinski definition) is 2. The standard InChI is InChI=1S/C20H19N3O5/c21-19(25)13-2-1-3-14(9-13)22-20(26)15-5-7-18(24)23(15)10-12-4-6-16-17(8-12)28-11-27-16/h1-4,6,8-9,15H,5,7,10-11H2,(H2,21,25)(H,22,26). The summed E-state index contributed by atoms with van der Waals surface area (Å²) in [5.41, 5.74) is 6.90. The van der Waals surface area contributed by atoms with Gasteiger partial charge in [0.05, 0.1) is 0 Å². The molecule has 3 amide bonds. The number of likely N-dealkylation sites (tertiary alicyclic amines) is 1. The summed E-state index contributed by atoms with van der Waals surface area (Å²) >= 11 is 0. The summed E-state index contributed by atoms with van der Waals surface area (Å²) in [7, 11) is 0. The zero-order valence-electron chi connectivity index (χ0n) is 15.0. The van der Waals surface area contributed by atoms with Gasteiger partial charge in [0.25, 0.3) is 0 Å². The fourth-order valence-electron chi connectivity index (χ4n) is 3.42. The summed E-state index contributed by atoms with van der Waals surface area (Å²) < 4.78 is 10.7. The Morgan fingerprint density at radius 3 is 2.79 bits per heavy atom. The topological polar surface area (TPSA) is 111 Å². The zero-order valence-corrected chi connectivity index (χ0v) is 15.0. The van der Waals surface area contributed by atoms with Crippen molar-refractivity contribution < 1.29 is 23.9 Å². The molecule has 2 aliphatic heterocycles. The maximum absolute atomic E-state index is 12.8. The Balaban J connectivity index is 1.48. The largest absolute Gasteiger partial charge is 0.454 e. The third kappa shape index (κ3) is 3.48. The van der Waals surface area contributed by atoms with Crippen LogP contribution in [0.5, 0.6) is 11.5 Å². The van der Waals surface area contributed by atoms with Crippen LogP contribution in [0.1, 0.15) is 28.8 Å². The molecule has 0 saturated carbocycles. The zero-order chi connectivity index (χ0) is 19.7. The van der Waals surface area contributed by atoms with Crippen LogP contribution in [-0.2, 0) is 16.1 Å². The lowest BCUT2D eigenvalue weighted by atomic mass is 10.1. The number of nitrogens with two attached hydrogens (primary N) is 1. The Hall–Kier alpha value is -3.55. The van der Waals surface area contributed by atoms with Gasteiger partial charge in [-0.2, -0.15) is 0 Å². The number of fused-ring (bicyclic) bond motifs is 1. The highest BCUT2D eigenvalue weighted by Gasteiger charge is 2.36. The van der Waals surface area contributed by atoms with Crippen molar-refractivity contribution in [2.24, 2.45) is 5.73 Å². The van der Waals surface area contributed by atoms with E-state index in [1.807, 2.05) is 12.1 Å². The average Bonchev–Trinajstić information content (AvgIpc) is 3.28. The monoisotopic (exact) mass is 381 g/mol. The highest BCUT2D eigenvalue weighted by molar-refractivity contribution is 6.00. The van der Waals surface area contributed by atoms with Crippen LogP contribution < -0.4 is 20.5 Å². The first-order valence-electron chi connectivity index (χ1n) is 8.90. The first kappa shape index (κ1) is 17.8. The van der Waals surface area contributed by atoms with E-state index in [9.17, 15) is 14.4 Å². The van der Waals surface area contributed by atoms with Gasteiger partial charge >= 0.3 is 0 Å². The molecule has 4 rings (SSSR count). The predicted molar refractivity (Wildman–Crippen MR) is 99.7 cm³/mol. The minimum absolute atomic E-state index is 0.0799. The van der Waals surface area contributed by atoms with Crippen molar-refractivity contribution >= 4 is 23.4 Å². The molecule has 2 aromatic carbocycles. The second-order valence-electron chi connectivity index (χ2n) is 6.70. The van der Waals surface area contributed by atoms with E-state index in [2.05, 4.69) is 5.32 Å². The number of primary amides is 1. The fraction of sp³-hybridized carbons (Fsp3) is 0.250. The van der Waals surface area contributed by atoms with Crippen molar-refractivity contribution in [1.82, 2.24) is 4.90 Å². The second kappa shape index (κ2) is 7.22. The minimum atomic E-state index is -0.588. The van der Waals surface area contributed by atoms with Crippen molar-refractivity contribution in [3.8, 4) is 11.5 Å². The molecule has 2 heterocycles. The molecule has 0 aliphatic carbocycles. The number of nitrogens with zero attached hydrogens (tertiary/aromatic N) is 1. The molecule has 144 valence electrons. The van der Waals surface area contributed by atoms with Crippen molar-refractivity contribution in [1.29, 1.82) is 0 Å². The molecule has 2 aromatic rings. The molecular formula is C20H19N3O5. The van der Waals surface area contributed by atoms with Crippen LogP contribution >= 0.6 is 0 Å². The van der Waals surface area contributed by atoms with Crippen molar-refractivity contribution in [3.63, 3.8) is 0 Å². The van der Waals surface area contributed by atoms with Gasteiger partial charge in [-0.15, -0.1) is 0 Å². The summed E-state index contributed by atoms with van der Waals surface area (Å²) in [5.74, 6) is 0.349. The maximum Gasteiger partial charge on any atom is 0.248 e. The lowest BCUT2D eigenvalue weighted by Crippen LogP contribution is -2.41. The Kier molecular flexibility index (Phi) is 4.60. The molecule has 28 heavy (non-hydrogen) atoms. The predicted octanol–water partition coefficient (Wildman–Crippen LogP) is 1.64. The smallest absolute Gasteiger partial charge is 0.248 e. The number of anilines is 1. The molecular weight excluding hydrogens is 362 g/mol. The quantitative estimate of drug-likeness (QED) is 0.818. The Bertz CT molecular complexity index is 959. The van der Waals surface area contributed by atoms with E-state index in [0.29, 0.717) is 42.1 Å². The molecule has 3 N–H and O–H groups in total. The van der Waals surface area contributed by atoms with E-state index in [1.165, 1.54) is 6.07 Å². The molecule has 1 unspecified atom stereocenters. The Morgan fingerprint density at radius 1 is 1.14 bits per heavy atom. The van der Waals surface area contributed by atoms with Crippen LogP contribution in [0.3, 0.4) is 0 Å². The molecule has 0 bridgehead atoms.